The van der Waals surface area contributed by atoms with Crippen molar-refractivity contribution in [2.75, 3.05) is 13.2 Å². The van der Waals surface area contributed by atoms with E-state index in [1.165, 1.54) is 6.26 Å². The largest absolute Gasteiger partial charge is 0.461 e. The second-order valence-electron chi connectivity index (χ2n) is 3.00. The van der Waals surface area contributed by atoms with Crippen LogP contribution in [-0.4, -0.2) is 29.3 Å². The molecule has 1 aromatic heterocycles. The fourth-order valence-electron chi connectivity index (χ4n) is 0.976. The maximum Gasteiger partial charge on any atom is 0.360 e. The maximum atomic E-state index is 11.3. The van der Waals surface area contributed by atoms with E-state index in [2.05, 4.69) is 16.8 Å². The molecule has 0 bridgehead atoms. The molecule has 0 fully saturated rings. The Labute approximate surface area is 105 Å². The summed E-state index contributed by atoms with van der Waals surface area (Å²) in [6.45, 7) is 1.98. The Morgan fingerprint density at radius 2 is 2.44 bits per heavy atom. The topological polar surface area (TPSA) is 72.6 Å². The molecular formula is C13H13NO4. The Morgan fingerprint density at radius 3 is 3.17 bits per heavy atom. The lowest BCUT2D eigenvalue weighted by molar-refractivity contribution is 0.0519. The Hall–Kier alpha value is -2.32. The average molecular weight is 247 g/mol. The normalized spacial score (nSPS) is 10.6. The number of allylic oxidation sites excluding steroid dienone is 3. The minimum Gasteiger partial charge on any atom is -0.461 e. The van der Waals surface area contributed by atoms with Crippen molar-refractivity contribution >= 4 is 5.97 Å². The lowest BCUT2D eigenvalue weighted by Crippen LogP contribution is -2.04. The van der Waals surface area contributed by atoms with Crippen LogP contribution in [0.25, 0.3) is 0 Å². The number of aromatic nitrogens is 1. The molecule has 0 aliphatic heterocycles. The number of hydrogen-bond donors (Lipinski definition) is 1. The highest BCUT2D eigenvalue weighted by Gasteiger charge is 2.11. The van der Waals surface area contributed by atoms with Crippen molar-refractivity contribution in [1.82, 2.24) is 4.98 Å². The first-order valence-corrected chi connectivity index (χ1v) is 5.34. The number of hydrogen-bond acceptors (Lipinski definition) is 5. The van der Waals surface area contributed by atoms with Gasteiger partial charge in [0, 0.05) is 0 Å². The van der Waals surface area contributed by atoms with Crippen LogP contribution in [0.5, 0.6) is 0 Å². The van der Waals surface area contributed by atoms with Crippen LogP contribution >= 0.6 is 0 Å². The molecule has 5 heteroatoms. The second kappa shape index (κ2) is 7.87. The predicted octanol–water partition coefficient (Wildman–Crippen LogP) is 1.31. The second-order valence-corrected chi connectivity index (χ2v) is 3.00. The van der Waals surface area contributed by atoms with Crippen molar-refractivity contribution in [1.29, 1.82) is 0 Å². The van der Waals surface area contributed by atoms with Gasteiger partial charge in [-0.15, -0.1) is 0 Å². The highest BCUT2D eigenvalue weighted by atomic mass is 16.5. The molecular weight excluding hydrogens is 234 g/mol. The number of oxazole rings is 1. The minimum atomic E-state index is -0.532. The zero-order valence-electron chi connectivity index (χ0n) is 9.92. The molecule has 5 nitrogen and oxygen atoms in total. The molecule has 0 unspecified atom stereocenters. The molecule has 1 N–H and O–H groups in total. The van der Waals surface area contributed by atoms with Gasteiger partial charge in [-0.25, -0.2) is 4.79 Å². The van der Waals surface area contributed by atoms with Crippen LogP contribution in [0.4, 0.5) is 0 Å². The fourth-order valence-corrected chi connectivity index (χ4v) is 0.976. The van der Waals surface area contributed by atoms with E-state index in [0.717, 1.165) is 0 Å². The number of aliphatic hydroxyl groups is 1. The molecule has 0 radical (unpaired) electrons. The quantitative estimate of drug-likeness (QED) is 0.493. The molecule has 0 aliphatic carbocycles. The third-order valence-electron chi connectivity index (χ3n) is 1.70. The molecule has 1 rings (SSSR count). The van der Waals surface area contributed by atoms with Crippen LogP contribution < -0.4 is 0 Å². The van der Waals surface area contributed by atoms with Crippen molar-refractivity contribution < 1.29 is 19.1 Å². The Kier molecular flexibility index (Phi) is 6.01. The van der Waals surface area contributed by atoms with E-state index in [0.29, 0.717) is 0 Å². The van der Waals surface area contributed by atoms with E-state index in [-0.39, 0.29) is 24.8 Å². The summed E-state index contributed by atoms with van der Waals surface area (Å²) >= 11 is 0. The van der Waals surface area contributed by atoms with E-state index >= 15 is 0 Å². The molecule has 1 heterocycles. The summed E-state index contributed by atoms with van der Waals surface area (Å²) in [5.74, 6) is 4.91. The van der Waals surface area contributed by atoms with E-state index in [4.69, 9.17) is 14.3 Å². The maximum absolute atomic E-state index is 11.3. The monoisotopic (exact) mass is 247 g/mol. The Bertz CT molecular complexity index is 503. The van der Waals surface area contributed by atoms with Crippen molar-refractivity contribution in [3.05, 3.63) is 42.2 Å². The van der Waals surface area contributed by atoms with Crippen LogP contribution in [0, 0.1) is 11.8 Å². The highest BCUT2D eigenvalue weighted by molar-refractivity contribution is 5.86. The van der Waals surface area contributed by atoms with Gasteiger partial charge in [-0.3, -0.25) is 0 Å². The van der Waals surface area contributed by atoms with E-state index in [9.17, 15) is 4.79 Å². The molecule has 0 aliphatic rings. The Morgan fingerprint density at radius 1 is 1.61 bits per heavy atom. The smallest absolute Gasteiger partial charge is 0.360 e. The molecule has 0 spiro atoms. The number of carbonyl (C=O) groups is 1. The number of aliphatic hydroxyl groups excluding tert-OH is 1. The fraction of sp³-hybridized carbons (Fsp3) is 0.231. The molecule has 1 aromatic rings. The van der Waals surface area contributed by atoms with E-state index in [1.54, 1.807) is 31.2 Å². The van der Waals surface area contributed by atoms with Gasteiger partial charge in [0.15, 0.2) is 5.69 Å². The Balaban J connectivity index is 2.59. The van der Waals surface area contributed by atoms with E-state index < -0.39 is 5.97 Å². The van der Waals surface area contributed by atoms with Gasteiger partial charge in [0.05, 0.1) is 13.2 Å². The highest BCUT2D eigenvalue weighted by Crippen LogP contribution is 2.02. The van der Waals surface area contributed by atoms with Crippen molar-refractivity contribution in [2.24, 2.45) is 0 Å². The van der Waals surface area contributed by atoms with Gasteiger partial charge in [0.25, 0.3) is 5.89 Å². The number of rotatable bonds is 4. The van der Waals surface area contributed by atoms with Gasteiger partial charge in [0.2, 0.25) is 0 Å². The SMILES string of the molecule is CCOC(=O)c1coc(C#C/C=C/C=C\CO)n1. The molecule has 18 heavy (non-hydrogen) atoms. The standard InChI is InChI=1S/C13H13NO4/c1-2-17-13(16)11-10-18-12(14-11)8-6-4-3-5-7-9-15/h3-5,7,10,15H,2,9H2,1H3/b4-3+,7-5-. The van der Waals surface area contributed by atoms with E-state index in [1.807, 2.05) is 0 Å². The van der Waals surface area contributed by atoms with Gasteiger partial charge in [-0.05, 0) is 18.9 Å². The summed E-state index contributed by atoms with van der Waals surface area (Å²) in [5, 5.41) is 8.47. The molecule has 94 valence electrons. The minimum absolute atomic E-state index is 0.0135. The molecule has 0 amide bonds. The average Bonchev–Trinajstić information content (AvgIpc) is 2.83. The number of ether oxygens (including phenoxy) is 1. The molecule has 0 atom stereocenters. The van der Waals surface area contributed by atoms with Crippen molar-refractivity contribution in [3.63, 3.8) is 0 Å². The summed E-state index contributed by atoms with van der Waals surface area (Å²) in [7, 11) is 0. The number of esters is 1. The van der Waals surface area contributed by atoms with Gasteiger partial charge >= 0.3 is 5.97 Å². The third-order valence-corrected chi connectivity index (χ3v) is 1.70. The third kappa shape index (κ3) is 4.68. The zero-order valence-corrected chi connectivity index (χ0v) is 9.92. The molecule has 0 aromatic carbocycles. The lowest BCUT2D eigenvalue weighted by atomic mass is 10.4. The first-order chi connectivity index (χ1) is 8.77. The zero-order chi connectivity index (χ0) is 13.2. The van der Waals surface area contributed by atoms with Crippen molar-refractivity contribution in [2.45, 2.75) is 6.92 Å². The summed E-state index contributed by atoms with van der Waals surface area (Å²) in [6, 6.07) is 0. The number of nitrogens with zero attached hydrogens (tertiary/aromatic N) is 1. The van der Waals surface area contributed by atoms with Crippen molar-refractivity contribution in [3.8, 4) is 11.8 Å². The van der Waals surface area contributed by atoms with Crippen LogP contribution in [0.2, 0.25) is 0 Å². The molecule has 0 saturated carbocycles. The van der Waals surface area contributed by atoms with Crippen LogP contribution in [0.15, 0.2) is 35.0 Å². The van der Waals surface area contributed by atoms with Crippen LogP contribution in [-0.2, 0) is 4.74 Å². The summed E-state index contributed by atoms with van der Waals surface area (Å²) in [4.78, 5) is 15.1. The predicted molar refractivity (Wildman–Crippen MR) is 64.7 cm³/mol. The van der Waals surface area contributed by atoms with Crippen LogP contribution in [0.1, 0.15) is 23.3 Å². The lowest BCUT2D eigenvalue weighted by Gasteiger charge is -1.94. The summed E-state index contributed by atoms with van der Waals surface area (Å²) < 4.78 is 9.74. The summed E-state index contributed by atoms with van der Waals surface area (Å²) in [6.07, 6.45) is 7.67. The van der Waals surface area contributed by atoms with Gasteiger partial charge in [0.1, 0.15) is 6.26 Å². The van der Waals surface area contributed by atoms with Gasteiger partial charge in [-0.1, -0.05) is 24.1 Å². The first-order valence-electron chi connectivity index (χ1n) is 5.34. The molecule has 0 saturated heterocycles. The van der Waals surface area contributed by atoms with Crippen LogP contribution in [0.3, 0.4) is 0 Å². The number of carbonyl (C=O) groups excluding carboxylic acids is 1. The van der Waals surface area contributed by atoms with Gasteiger partial charge in [-0.2, -0.15) is 4.98 Å². The first kappa shape index (κ1) is 13.7. The summed E-state index contributed by atoms with van der Waals surface area (Å²) in [5.41, 5.74) is 0.102. The van der Waals surface area contributed by atoms with Gasteiger partial charge < -0.3 is 14.3 Å².